The molecule has 4 nitrogen and oxygen atoms in total. The SMILES string of the molecule is C[Si](C)(C)Oc1ncnc2c1ccn2[Si](C)(C)C. The number of aromatic nitrogens is 3. The molecule has 98 valence electrons. The highest BCUT2D eigenvalue weighted by atomic mass is 28.4. The topological polar surface area (TPSA) is 39.9 Å². The van der Waals surface area contributed by atoms with Gasteiger partial charge in [-0.25, -0.2) is 9.97 Å². The Balaban J connectivity index is 2.56. The summed E-state index contributed by atoms with van der Waals surface area (Å²) >= 11 is 0. The fourth-order valence-electron chi connectivity index (χ4n) is 1.84. The first-order valence-electron chi connectivity index (χ1n) is 6.20. The third-order valence-electron chi connectivity index (χ3n) is 2.57. The Kier molecular flexibility index (Phi) is 3.10. The van der Waals surface area contributed by atoms with Gasteiger partial charge in [-0.15, -0.1) is 0 Å². The highest BCUT2D eigenvalue weighted by Crippen LogP contribution is 2.26. The fourth-order valence-corrected chi connectivity index (χ4v) is 3.92. The average Bonchev–Trinajstić information content (AvgIpc) is 2.58. The molecule has 6 heteroatoms. The normalized spacial score (nSPS) is 13.0. The molecule has 2 rings (SSSR count). The zero-order valence-electron chi connectivity index (χ0n) is 12.0. The molecular weight excluding hydrogens is 258 g/mol. The smallest absolute Gasteiger partial charge is 0.244 e. The van der Waals surface area contributed by atoms with Gasteiger partial charge in [-0.2, -0.15) is 0 Å². The Bertz CT molecular complexity index is 567. The Morgan fingerprint density at radius 3 is 2.28 bits per heavy atom. The van der Waals surface area contributed by atoms with Gasteiger partial charge >= 0.3 is 0 Å². The first-order chi connectivity index (χ1) is 8.18. The van der Waals surface area contributed by atoms with E-state index in [1.807, 2.05) is 0 Å². The van der Waals surface area contributed by atoms with Crippen LogP contribution in [0.3, 0.4) is 0 Å². The summed E-state index contributed by atoms with van der Waals surface area (Å²) in [7, 11) is -3.09. The molecule has 0 aliphatic rings. The van der Waals surface area contributed by atoms with Crippen LogP contribution >= 0.6 is 0 Å². The van der Waals surface area contributed by atoms with Gasteiger partial charge in [0.1, 0.15) is 12.0 Å². The molecule has 0 atom stereocenters. The van der Waals surface area contributed by atoms with E-state index in [4.69, 9.17) is 4.43 Å². The molecule has 0 amide bonds. The number of nitrogens with zero attached hydrogens (tertiary/aromatic N) is 3. The number of hydrogen-bond acceptors (Lipinski definition) is 3. The predicted octanol–water partition coefficient (Wildman–Crippen LogP) is 3.33. The van der Waals surface area contributed by atoms with Crippen LogP contribution in [0, 0.1) is 0 Å². The summed E-state index contributed by atoms with van der Waals surface area (Å²) in [4.78, 5) is 8.71. The van der Waals surface area contributed by atoms with Crippen LogP contribution in [0.25, 0.3) is 11.0 Å². The highest BCUT2D eigenvalue weighted by molar-refractivity contribution is 6.75. The zero-order valence-corrected chi connectivity index (χ0v) is 14.0. The van der Waals surface area contributed by atoms with Gasteiger partial charge in [0.05, 0.1) is 5.39 Å². The molecule has 0 saturated heterocycles. The van der Waals surface area contributed by atoms with E-state index in [-0.39, 0.29) is 0 Å². The quantitative estimate of drug-likeness (QED) is 0.809. The van der Waals surface area contributed by atoms with Crippen LogP contribution in [0.2, 0.25) is 39.3 Å². The molecule has 0 spiro atoms. The molecule has 2 heterocycles. The summed E-state index contributed by atoms with van der Waals surface area (Å²) < 4.78 is 8.32. The van der Waals surface area contributed by atoms with Crippen LogP contribution in [0.5, 0.6) is 5.88 Å². The summed E-state index contributed by atoms with van der Waals surface area (Å²) in [6.07, 6.45) is 3.72. The van der Waals surface area contributed by atoms with Gasteiger partial charge in [0.2, 0.25) is 14.2 Å². The van der Waals surface area contributed by atoms with E-state index in [1.54, 1.807) is 6.33 Å². The number of fused-ring (bicyclic) bond motifs is 1. The standard InChI is InChI=1S/C12H21N3OSi2/c1-17(2,3)15-8-7-10-11(15)13-9-14-12(10)16-18(4,5)6/h7-9H,1-6H3. The van der Waals surface area contributed by atoms with Gasteiger partial charge in [-0.3, -0.25) is 0 Å². The van der Waals surface area contributed by atoms with Gasteiger partial charge in [-0.05, 0) is 31.9 Å². The first-order valence-corrected chi connectivity index (χ1v) is 13.1. The van der Waals surface area contributed by atoms with Gasteiger partial charge in [-0.1, -0.05) is 19.6 Å². The zero-order chi connectivity index (χ0) is 13.6. The molecule has 0 radical (unpaired) electrons. The van der Waals surface area contributed by atoms with Crippen LogP contribution in [0.15, 0.2) is 18.6 Å². The summed E-state index contributed by atoms with van der Waals surface area (Å²) in [5, 5.41) is 1.03. The van der Waals surface area contributed by atoms with Crippen molar-refractivity contribution >= 4 is 27.6 Å². The third kappa shape index (κ3) is 2.64. The van der Waals surface area contributed by atoms with Crippen LogP contribution in [-0.4, -0.2) is 30.8 Å². The predicted molar refractivity (Wildman–Crippen MR) is 80.2 cm³/mol. The van der Waals surface area contributed by atoms with Crippen molar-refractivity contribution < 1.29 is 4.43 Å². The molecule has 0 aliphatic carbocycles. The van der Waals surface area contributed by atoms with E-state index < -0.39 is 16.6 Å². The lowest BCUT2D eigenvalue weighted by molar-refractivity contribution is 0.540. The summed E-state index contributed by atoms with van der Waals surface area (Å²) in [5.41, 5.74) is 0.998. The van der Waals surface area contributed by atoms with E-state index in [9.17, 15) is 0 Å². The second kappa shape index (κ2) is 4.20. The van der Waals surface area contributed by atoms with Crippen LogP contribution in [0.4, 0.5) is 0 Å². The minimum absolute atomic E-state index is 0.733. The lowest BCUT2D eigenvalue weighted by Crippen LogP contribution is -2.31. The van der Waals surface area contributed by atoms with Crippen molar-refractivity contribution in [2.75, 3.05) is 0 Å². The molecule has 0 saturated carbocycles. The highest BCUT2D eigenvalue weighted by Gasteiger charge is 2.23. The second-order valence-electron chi connectivity index (χ2n) is 6.49. The van der Waals surface area contributed by atoms with Crippen molar-refractivity contribution in [3.63, 3.8) is 0 Å². The maximum atomic E-state index is 6.03. The largest absolute Gasteiger partial charge is 0.531 e. The molecule has 2 aromatic heterocycles. The fraction of sp³-hybridized carbons (Fsp3) is 0.500. The first kappa shape index (κ1) is 13.3. The van der Waals surface area contributed by atoms with Gasteiger partial charge in [0, 0.05) is 0 Å². The van der Waals surface area contributed by atoms with Gasteiger partial charge in [0.25, 0.3) is 0 Å². The second-order valence-corrected chi connectivity index (χ2v) is 15.7. The van der Waals surface area contributed by atoms with E-state index >= 15 is 0 Å². The lowest BCUT2D eigenvalue weighted by atomic mass is 10.4. The Hall–Kier alpha value is -1.15. The number of rotatable bonds is 3. The average molecular weight is 279 g/mol. The summed E-state index contributed by atoms with van der Waals surface area (Å²) in [6.45, 7) is 13.4. The van der Waals surface area contributed by atoms with Gasteiger partial charge < -0.3 is 8.66 Å². The van der Waals surface area contributed by atoms with Crippen LogP contribution < -0.4 is 4.43 Å². The van der Waals surface area contributed by atoms with Crippen LogP contribution in [0.1, 0.15) is 0 Å². The monoisotopic (exact) mass is 279 g/mol. The molecule has 18 heavy (non-hydrogen) atoms. The molecule has 0 unspecified atom stereocenters. The van der Waals surface area contributed by atoms with Crippen molar-refractivity contribution in [3.05, 3.63) is 18.6 Å². The summed E-state index contributed by atoms with van der Waals surface area (Å²) in [6, 6.07) is 2.07. The van der Waals surface area contributed by atoms with Crippen LogP contribution in [-0.2, 0) is 0 Å². The van der Waals surface area contributed by atoms with Crippen molar-refractivity contribution in [2.24, 2.45) is 0 Å². The Morgan fingerprint density at radius 1 is 1.06 bits per heavy atom. The molecule has 0 N–H and O–H groups in total. The molecular formula is C12H21N3OSi2. The molecule has 0 aromatic carbocycles. The van der Waals surface area contributed by atoms with Crippen molar-refractivity contribution in [3.8, 4) is 5.88 Å². The van der Waals surface area contributed by atoms with Crippen molar-refractivity contribution in [1.82, 2.24) is 14.2 Å². The minimum atomic E-state index is -1.64. The third-order valence-corrected chi connectivity index (χ3v) is 5.18. The lowest BCUT2D eigenvalue weighted by Gasteiger charge is -2.20. The van der Waals surface area contributed by atoms with E-state index in [0.29, 0.717) is 0 Å². The maximum Gasteiger partial charge on any atom is 0.244 e. The van der Waals surface area contributed by atoms with E-state index in [1.165, 1.54) is 0 Å². The molecule has 0 aliphatic heterocycles. The van der Waals surface area contributed by atoms with E-state index in [2.05, 4.69) is 65.7 Å². The van der Waals surface area contributed by atoms with Crippen molar-refractivity contribution in [2.45, 2.75) is 39.3 Å². The van der Waals surface area contributed by atoms with E-state index in [0.717, 1.165) is 16.9 Å². The molecule has 2 aromatic rings. The Morgan fingerprint density at radius 2 is 1.72 bits per heavy atom. The minimum Gasteiger partial charge on any atom is -0.531 e. The maximum absolute atomic E-state index is 6.03. The van der Waals surface area contributed by atoms with Crippen molar-refractivity contribution in [1.29, 1.82) is 0 Å². The Labute approximate surface area is 110 Å². The molecule has 0 fully saturated rings. The van der Waals surface area contributed by atoms with Gasteiger partial charge in [0.15, 0.2) is 8.24 Å². The number of hydrogen-bond donors (Lipinski definition) is 0. The summed E-state index contributed by atoms with van der Waals surface area (Å²) in [5.74, 6) is 0.733. The molecule has 0 bridgehead atoms.